The van der Waals surface area contributed by atoms with Crippen LogP contribution in [0.4, 0.5) is 13.2 Å². The van der Waals surface area contributed by atoms with E-state index < -0.39 is 28.4 Å². The molecule has 5 nitrogen and oxygen atoms in total. The van der Waals surface area contributed by atoms with Gasteiger partial charge >= 0.3 is 15.6 Å². The fourth-order valence-corrected chi connectivity index (χ4v) is 0.770. The zero-order chi connectivity index (χ0) is 9.99. The van der Waals surface area contributed by atoms with Gasteiger partial charge in [0, 0.05) is 6.54 Å². The monoisotopic (exact) mass is 208 g/mol. The molecule has 0 bridgehead atoms. The summed E-state index contributed by atoms with van der Waals surface area (Å²) < 4.78 is 58.3. The van der Waals surface area contributed by atoms with Gasteiger partial charge in [-0.05, 0) is 0 Å². The summed E-state index contributed by atoms with van der Waals surface area (Å²) in [7, 11) is -5.61. The summed E-state index contributed by atoms with van der Waals surface area (Å²) in [5.41, 5.74) is 4.01. The van der Waals surface area contributed by atoms with E-state index in [2.05, 4.69) is 4.18 Å². The van der Waals surface area contributed by atoms with E-state index in [1.165, 1.54) is 0 Å². The Morgan fingerprint density at radius 2 is 1.83 bits per heavy atom. The molecule has 0 amide bonds. The van der Waals surface area contributed by atoms with Crippen LogP contribution in [0.1, 0.15) is 0 Å². The minimum absolute atomic E-state index is 0.519. The largest absolute Gasteiger partial charge is 0.523 e. The molecule has 1 atom stereocenters. The Balaban J connectivity index is 4.46. The molecule has 0 saturated heterocycles. The van der Waals surface area contributed by atoms with Crippen LogP contribution in [0.3, 0.4) is 0 Å². The lowest BCUT2D eigenvalue weighted by Crippen LogP contribution is -2.38. The number of alkyl halides is 3. The highest BCUT2D eigenvalue weighted by Crippen LogP contribution is 2.24. The Hall–Kier alpha value is -0.380. The molecule has 0 aliphatic rings. The Labute approximate surface area is 66.6 Å². The third kappa shape index (κ3) is 2.93. The van der Waals surface area contributed by atoms with Gasteiger partial charge in [0.1, 0.15) is 6.23 Å². The van der Waals surface area contributed by atoms with E-state index in [9.17, 15) is 21.6 Å². The van der Waals surface area contributed by atoms with Gasteiger partial charge in [-0.1, -0.05) is 0 Å². The molecule has 1 unspecified atom stereocenters. The van der Waals surface area contributed by atoms with E-state index in [4.69, 9.17) is 11.5 Å². The number of nitrogens with two attached hydrogens (primary N) is 2. The molecule has 4 N–H and O–H groups in total. The molecular weight excluding hydrogens is 201 g/mol. The molecule has 0 fully saturated rings. The average molecular weight is 208 g/mol. The zero-order valence-electron chi connectivity index (χ0n) is 5.71. The first kappa shape index (κ1) is 11.6. The lowest BCUT2D eigenvalue weighted by atomic mass is 10.6. The van der Waals surface area contributed by atoms with Gasteiger partial charge in [-0.25, -0.2) is 4.18 Å². The Bertz CT molecular complexity index is 236. The van der Waals surface area contributed by atoms with Crippen LogP contribution in [0.15, 0.2) is 0 Å². The Morgan fingerprint density at radius 1 is 1.42 bits per heavy atom. The van der Waals surface area contributed by atoms with Crippen molar-refractivity contribution in [2.75, 3.05) is 6.54 Å². The van der Waals surface area contributed by atoms with Crippen LogP contribution in [0.25, 0.3) is 0 Å². The van der Waals surface area contributed by atoms with E-state index in [0.29, 0.717) is 0 Å². The van der Waals surface area contributed by atoms with Crippen molar-refractivity contribution in [3.05, 3.63) is 0 Å². The molecule has 0 aliphatic carbocycles. The second-order valence-electron chi connectivity index (χ2n) is 1.77. The summed E-state index contributed by atoms with van der Waals surface area (Å²) in [5, 5.41) is 0. The molecule has 0 aromatic heterocycles. The van der Waals surface area contributed by atoms with Gasteiger partial charge in [0.25, 0.3) is 0 Å². The lowest BCUT2D eigenvalue weighted by Gasteiger charge is -2.11. The third-order valence-electron chi connectivity index (χ3n) is 0.766. The van der Waals surface area contributed by atoms with E-state index >= 15 is 0 Å². The van der Waals surface area contributed by atoms with Crippen molar-refractivity contribution < 1.29 is 25.8 Å². The summed E-state index contributed by atoms with van der Waals surface area (Å²) in [6.07, 6.45) is -1.67. The molecule has 0 rings (SSSR count). The first-order chi connectivity index (χ1) is 5.20. The molecular formula is C3H7F3N2O3S. The zero-order valence-corrected chi connectivity index (χ0v) is 6.52. The molecule has 0 aliphatic heterocycles. The predicted octanol–water partition coefficient (Wildman–Crippen LogP) is -0.904. The van der Waals surface area contributed by atoms with Crippen LogP contribution in [0, 0.1) is 0 Å². The van der Waals surface area contributed by atoms with Crippen LogP contribution < -0.4 is 11.5 Å². The SMILES string of the molecule is NCC(N)OS(=O)(=O)C(F)(F)F. The second-order valence-corrected chi connectivity index (χ2v) is 3.33. The standard InChI is InChI=1S/C3H7F3N2O3S/c4-3(5,6)12(9,10)11-2(8)1-7/h2H,1,7-8H2. The Morgan fingerprint density at radius 3 is 2.08 bits per heavy atom. The summed E-state index contributed by atoms with van der Waals surface area (Å²) >= 11 is 0. The smallest absolute Gasteiger partial charge is 0.327 e. The number of hydrogen-bond donors (Lipinski definition) is 2. The van der Waals surface area contributed by atoms with Crippen molar-refractivity contribution in [1.29, 1.82) is 0 Å². The summed E-state index contributed by atoms with van der Waals surface area (Å²) in [6, 6.07) is 0. The van der Waals surface area contributed by atoms with Gasteiger partial charge in [0.15, 0.2) is 0 Å². The van der Waals surface area contributed by atoms with Gasteiger partial charge in [-0.2, -0.15) is 21.6 Å². The van der Waals surface area contributed by atoms with Crippen LogP contribution in [0.2, 0.25) is 0 Å². The summed E-state index contributed by atoms with van der Waals surface area (Å²) in [5.74, 6) is 0. The van der Waals surface area contributed by atoms with Crippen molar-refractivity contribution in [2.45, 2.75) is 11.7 Å². The third-order valence-corrected chi connectivity index (χ3v) is 1.83. The van der Waals surface area contributed by atoms with E-state index in [-0.39, 0.29) is 0 Å². The van der Waals surface area contributed by atoms with Gasteiger partial charge in [0.05, 0.1) is 0 Å². The van der Waals surface area contributed by atoms with Crippen molar-refractivity contribution in [3.63, 3.8) is 0 Å². The van der Waals surface area contributed by atoms with Gasteiger partial charge in [-0.3, -0.25) is 0 Å². The molecule has 0 aromatic carbocycles. The molecule has 74 valence electrons. The molecule has 0 aromatic rings. The topological polar surface area (TPSA) is 95.4 Å². The fourth-order valence-electron chi connectivity index (χ4n) is 0.257. The highest BCUT2D eigenvalue weighted by molar-refractivity contribution is 7.87. The van der Waals surface area contributed by atoms with Gasteiger partial charge in [0.2, 0.25) is 0 Å². The first-order valence-corrected chi connectivity index (χ1v) is 4.06. The number of halogens is 3. The quantitative estimate of drug-likeness (QED) is 0.356. The van der Waals surface area contributed by atoms with E-state index in [1.54, 1.807) is 0 Å². The van der Waals surface area contributed by atoms with Crippen molar-refractivity contribution in [3.8, 4) is 0 Å². The maximum absolute atomic E-state index is 11.5. The molecule has 0 saturated carbocycles. The van der Waals surface area contributed by atoms with Crippen molar-refractivity contribution in [1.82, 2.24) is 0 Å². The molecule has 0 spiro atoms. The van der Waals surface area contributed by atoms with Crippen LogP contribution in [-0.4, -0.2) is 26.7 Å². The molecule has 9 heteroatoms. The van der Waals surface area contributed by atoms with Crippen LogP contribution in [0.5, 0.6) is 0 Å². The summed E-state index contributed by atoms with van der Waals surface area (Å²) in [4.78, 5) is 0. The first-order valence-electron chi connectivity index (χ1n) is 2.66. The van der Waals surface area contributed by atoms with Crippen molar-refractivity contribution in [2.24, 2.45) is 11.5 Å². The minimum Gasteiger partial charge on any atom is -0.327 e. The lowest BCUT2D eigenvalue weighted by molar-refractivity contribution is -0.0568. The fraction of sp³-hybridized carbons (Fsp3) is 1.00. The Kier molecular flexibility index (Phi) is 3.45. The van der Waals surface area contributed by atoms with Crippen molar-refractivity contribution >= 4 is 10.1 Å². The van der Waals surface area contributed by atoms with E-state index in [1.807, 2.05) is 0 Å². The normalized spacial score (nSPS) is 16.1. The minimum atomic E-state index is -5.61. The number of rotatable bonds is 3. The average Bonchev–Trinajstić information content (AvgIpc) is 1.84. The van der Waals surface area contributed by atoms with Gasteiger partial charge in [-0.15, -0.1) is 0 Å². The highest BCUT2D eigenvalue weighted by atomic mass is 32.2. The van der Waals surface area contributed by atoms with E-state index in [0.717, 1.165) is 0 Å². The molecule has 0 radical (unpaired) electrons. The van der Waals surface area contributed by atoms with Crippen LogP contribution >= 0.6 is 0 Å². The molecule has 0 heterocycles. The highest BCUT2D eigenvalue weighted by Gasteiger charge is 2.48. The maximum Gasteiger partial charge on any atom is 0.523 e. The predicted molar refractivity (Wildman–Crippen MR) is 33.1 cm³/mol. The van der Waals surface area contributed by atoms with Crippen LogP contribution in [-0.2, 0) is 14.3 Å². The molecule has 12 heavy (non-hydrogen) atoms. The van der Waals surface area contributed by atoms with Gasteiger partial charge < -0.3 is 11.5 Å². The second kappa shape index (κ2) is 3.56. The maximum atomic E-state index is 11.5. The number of hydrogen-bond acceptors (Lipinski definition) is 5. The summed E-state index contributed by atoms with van der Waals surface area (Å²) in [6.45, 7) is -0.519.